The van der Waals surface area contributed by atoms with E-state index in [9.17, 15) is 0 Å². The second-order valence-corrected chi connectivity index (χ2v) is 4.57. The van der Waals surface area contributed by atoms with Gasteiger partial charge in [0.1, 0.15) is 17.5 Å². The van der Waals surface area contributed by atoms with E-state index in [0.29, 0.717) is 0 Å². The largest absolute Gasteiger partial charge is 0.354 e. The average Bonchev–Trinajstić information content (AvgIpc) is 2.42. The maximum atomic E-state index is 5.54. The first-order valence-corrected chi connectivity index (χ1v) is 6.56. The number of nitrogen functional groups attached to an aromatic ring is 1. The summed E-state index contributed by atoms with van der Waals surface area (Å²) < 4.78 is 0. The van der Waals surface area contributed by atoms with Gasteiger partial charge in [0.2, 0.25) is 0 Å². The third-order valence-electron chi connectivity index (χ3n) is 3.19. The highest BCUT2D eigenvalue weighted by Gasteiger charge is 2.17. The predicted octanol–water partition coefficient (Wildman–Crippen LogP) is 0.433. The average molecular weight is 250 g/mol. The lowest BCUT2D eigenvalue weighted by molar-refractivity contribution is 0.582. The van der Waals surface area contributed by atoms with Gasteiger partial charge < -0.3 is 15.6 Å². The molecular formula is C12H22N6. The van der Waals surface area contributed by atoms with Gasteiger partial charge in [-0.1, -0.05) is 6.92 Å². The van der Waals surface area contributed by atoms with Crippen molar-refractivity contribution in [3.05, 3.63) is 11.4 Å². The molecule has 0 unspecified atom stereocenters. The third kappa shape index (κ3) is 2.70. The smallest absolute Gasteiger partial charge is 0.148 e. The van der Waals surface area contributed by atoms with Crippen molar-refractivity contribution in [3.63, 3.8) is 0 Å². The molecule has 6 nitrogen and oxygen atoms in total. The molecule has 2 rings (SSSR count). The highest BCUT2D eigenvalue weighted by atomic mass is 15.3. The molecule has 1 fully saturated rings. The van der Waals surface area contributed by atoms with Crippen LogP contribution in [0.1, 0.15) is 24.7 Å². The fourth-order valence-corrected chi connectivity index (χ4v) is 2.21. The Labute approximate surface area is 108 Å². The minimum absolute atomic E-state index is 0.738. The van der Waals surface area contributed by atoms with Crippen LogP contribution in [0.3, 0.4) is 0 Å². The van der Waals surface area contributed by atoms with Gasteiger partial charge in [-0.05, 0) is 13.3 Å². The Morgan fingerprint density at radius 3 is 2.67 bits per heavy atom. The zero-order valence-corrected chi connectivity index (χ0v) is 11.2. The molecule has 0 atom stereocenters. The van der Waals surface area contributed by atoms with Crippen LogP contribution in [-0.2, 0) is 6.42 Å². The van der Waals surface area contributed by atoms with Gasteiger partial charge in [-0.3, -0.25) is 0 Å². The van der Waals surface area contributed by atoms with Crippen LogP contribution in [0.15, 0.2) is 0 Å². The predicted molar refractivity (Wildman–Crippen MR) is 73.7 cm³/mol. The Kier molecular flexibility index (Phi) is 4.33. The lowest BCUT2D eigenvalue weighted by Gasteiger charge is -2.30. The van der Waals surface area contributed by atoms with Crippen molar-refractivity contribution < 1.29 is 0 Å². The molecule has 0 bridgehead atoms. The number of nitrogens with one attached hydrogen (secondary N) is 2. The molecule has 1 aliphatic rings. The summed E-state index contributed by atoms with van der Waals surface area (Å²) >= 11 is 0. The molecule has 0 aliphatic carbocycles. The first-order chi connectivity index (χ1) is 8.76. The monoisotopic (exact) mass is 250 g/mol. The number of aryl methyl sites for hydroxylation is 1. The van der Waals surface area contributed by atoms with Crippen LogP contribution < -0.4 is 21.5 Å². The van der Waals surface area contributed by atoms with E-state index in [-0.39, 0.29) is 0 Å². The third-order valence-corrected chi connectivity index (χ3v) is 3.19. The fraction of sp³-hybridized carbons (Fsp3) is 0.667. The number of rotatable bonds is 4. The van der Waals surface area contributed by atoms with Gasteiger partial charge in [0.05, 0.1) is 0 Å². The number of hydrazine groups is 1. The zero-order valence-electron chi connectivity index (χ0n) is 11.2. The van der Waals surface area contributed by atoms with Crippen LogP contribution in [0.2, 0.25) is 0 Å². The second kappa shape index (κ2) is 5.97. The Hall–Kier alpha value is -1.40. The molecule has 1 aliphatic heterocycles. The summed E-state index contributed by atoms with van der Waals surface area (Å²) in [5.74, 6) is 8.16. The van der Waals surface area contributed by atoms with E-state index in [2.05, 4.69) is 32.5 Å². The number of nitrogens with two attached hydrogens (primary N) is 1. The molecule has 4 N–H and O–H groups in total. The quantitative estimate of drug-likeness (QED) is 0.531. The van der Waals surface area contributed by atoms with Gasteiger partial charge in [0, 0.05) is 38.2 Å². The zero-order chi connectivity index (χ0) is 13.0. The standard InChI is InChI=1S/C12H22N6/c1-3-4-10-15-11(17-13)9(2)12(16-10)18-7-5-14-6-8-18/h14H,3-8,13H2,1-2H3,(H,15,16,17). The van der Waals surface area contributed by atoms with E-state index in [1.807, 2.05) is 6.92 Å². The summed E-state index contributed by atoms with van der Waals surface area (Å²) in [6, 6.07) is 0. The number of hydrogen-bond donors (Lipinski definition) is 3. The van der Waals surface area contributed by atoms with E-state index in [1.165, 1.54) is 0 Å². The Bertz CT molecular complexity index is 400. The van der Waals surface area contributed by atoms with Crippen molar-refractivity contribution in [2.45, 2.75) is 26.7 Å². The Morgan fingerprint density at radius 1 is 1.33 bits per heavy atom. The maximum Gasteiger partial charge on any atom is 0.148 e. The van der Waals surface area contributed by atoms with E-state index >= 15 is 0 Å². The fourth-order valence-electron chi connectivity index (χ4n) is 2.21. The van der Waals surface area contributed by atoms with E-state index < -0.39 is 0 Å². The van der Waals surface area contributed by atoms with Crippen LogP contribution in [0, 0.1) is 6.92 Å². The molecule has 0 radical (unpaired) electrons. The number of nitrogens with zero attached hydrogens (tertiary/aromatic N) is 3. The molecule has 100 valence electrons. The van der Waals surface area contributed by atoms with Crippen LogP contribution in [0.4, 0.5) is 11.6 Å². The Balaban J connectivity index is 2.33. The number of anilines is 2. The minimum atomic E-state index is 0.738. The molecule has 1 saturated heterocycles. The van der Waals surface area contributed by atoms with E-state index in [4.69, 9.17) is 5.84 Å². The topological polar surface area (TPSA) is 79.1 Å². The second-order valence-electron chi connectivity index (χ2n) is 4.57. The summed E-state index contributed by atoms with van der Waals surface area (Å²) in [7, 11) is 0. The summed E-state index contributed by atoms with van der Waals surface area (Å²) in [6.07, 6.45) is 1.92. The molecule has 18 heavy (non-hydrogen) atoms. The van der Waals surface area contributed by atoms with Crippen molar-refractivity contribution in [3.8, 4) is 0 Å². The van der Waals surface area contributed by atoms with Gasteiger partial charge in [-0.25, -0.2) is 15.8 Å². The first kappa shape index (κ1) is 13.0. The Morgan fingerprint density at radius 2 is 2.06 bits per heavy atom. The molecule has 1 aromatic rings. The molecule has 0 aromatic carbocycles. The van der Waals surface area contributed by atoms with E-state index in [1.54, 1.807) is 0 Å². The highest BCUT2D eigenvalue weighted by molar-refractivity contribution is 5.58. The number of hydrogen-bond acceptors (Lipinski definition) is 6. The van der Waals surface area contributed by atoms with Gasteiger partial charge in [0.15, 0.2) is 0 Å². The summed E-state index contributed by atoms with van der Waals surface area (Å²) in [6.45, 7) is 8.10. The van der Waals surface area contributed by atoms with Crippen LogP contribution in [0.25, 0.3) is 0 Å². The number of aromatic nitrogens is 2. The molecule has 6 heteroatoms. The lowest BCUT2D eigenvalue weighted by atomic mass is 10.2. The molecule has 1 aromatic heterocycles. The normalized spacial score (nSPS) is 15.8. The van der Waals surface area contributed by atoms with Gasteiger partial charge in [0.25, 0.3) is 0 Å². The van der Waals surface area contributed by atoms with Gasteiger partial charge in [-0.2, -0.15) is 0 Å². The number of piperazine rings is 1. The van der Waals surface area contributed by atoms with Gasteiger partial charge in [-0.15, -0.1) is 0 Å². The summed E-state index contributed by atoms with van der Waals surface area (Å²) in [4.78, 5) is 11.4. The van der Waals surface area contributed by atoms with Crippen molar-refractivity contribution in [2.75, 3.05) is 36.5 Å². The molecule has 0 amide bonds. The molecule has 0 spiro atoms. The van der Waals surface area contributed by atoms with Crippen LogP contribution in [0.5, 0.6) is 0 Å². The van der Waals surface area contributed by atoms with Crippen LogP contribution in [-0.4, -0.2) is 36.1 Å². The van der Waals surface area contributed by atoms with Crippen molar-refractivity contribution in [2.24, 2.45) is 5.84 Å². The molecule has 0 saturated carbocycles. The van der Waals surface area contributed by atoms with Crippen molar-refractivity contribution >= 4 is 11.6 Å². The highest BCUT2D eigenvalue weighted by Crippen LogP contribution is 2.23. The first-order valence-electron chi connectivity index (χ1n) is 6.56. The molecular weight excluding hydrogens is 228 g/mol. The lowest BCUT2D eigenvalue weighted by Crippen LogP contribution is -2.44. The van der Waals surface area contributed by atoms with Gasteiger partial charge >= 0.3 is 0 Å². The van der Waals surface area contributed by atoms with Crippen LogP contribution >= 0.6 is 0 Å². The minimum Gasteiger partial charge on any atom is -0.354 e. The van der Waals surface area contributed by atoms with E-state index in [0.717, 1.165) is 62.0 Å². The summed E-state index contributed by atoms with van der Waals surface area (Å²) in [5.41, 5.74) is 3.71. The van der Waals surface area contributed by atoms with Crippen molar-refractivity contribution in [1.29, 1.82) is 0 Å². The SMILES string of the molecule is CCCc1nc(NN)c(C)c(N2CCNCC2)n1. The molecule has 2 heterocycles. The summed E-state index contributed by atoms with van der Waals surface area (Å²) in [5, 5.41) is 3.35. The van der Waals surface area contributed by atoms with Crippen molar-refractivity contribution in [1.82, 2.24) is 15.3 Å². The maximum absolute atomic E-state index is 5.54.